The predicted molar refractivity (Wildman–Crippen MR) is 58.6 cm³/mol. The summed E-state index contributed by atoms with van der Waals surface area (Å²) in [4.78, 5) is 8.28. The zero-order chi connectivity index (χ0) is 11.0. The summed E-state index contributed by atoms with van der Waals surface area (Å²) in [5.74, 6) is 0.781. The number of fused-ring (bicyclic) bond motifs is 1. The number of rotatable bonds is 2. The van der Waals surface area contributed by atoms with E-state index in [1.54, 1.807) is 6.07 Å². The number of hydrogen-bond acceptors (Lipinski definition) is 4. The van der Waals surface area contributed by atoms with Crippen LogP contribution in [0.2, 0.25) is 5.02 Å². The second-order valence-corrected chi connectivity index (χ2v) is 4.24. The molecule has 0 amide bonds. The highest BCUT2D eigenvalue weighted by Gasteiger charge is 2.17. The van der Waals surface area contributed by atoms with Crippen molar-refractivity contribution >= 4 is 22.8 Å². The molecule has 0 aromatic carbocycles. The van der Waals surface area contributed by atoms with Gasteiger partial charge in [0.15, 0.2) is 0 Å². The van der Waals surface area contributed by atoms with Crippen molar-refractivity contribution in [2.75, 3.05) is 0 Å². The van der Waals surface area contributed by atoms with Crippen LogP contribution in [0.15, 0.2) is 16.7 Å². The summed E-state index contributed by atoms with van der Waals surface area (Å²) >= 11 is 5.79. The quantitative estimate of drug-likeness (QED) is 0.853. The highest BCUT2D eigenvalue weighted by Crippen LogP contribution is 2.23. The van der Waals surface area contributed by atoms with Gasteiger partial charge in [-0.15, -0.1) is 0 Å². The summed E-state index contributed by atoms with van der Waals surface area (Å²) in [6, 6.07) is 1.50. The maximum atomic E-state index is 5.92. The average molecular weight is 226 g/mol. The second kappa shape index (κ2) is 3.79. The third kappa shape index (κ3) is 1.96. The summed E-state index contributed by atoms with van der Waals surface area (Å²) in [6.45, 7) is 4.03. The van der Waals surface area contributed by atoms with Gasteiger partial charge in [-0.25, -0.2) is 9.97 Å². The average Bonchev–Trinajstić information content (AvgIpc) is 2.58. The minimum atomic E-state index is -0.210. The first-order valence-electron chi connectivity index (χ1n) is 4.75. The van der Waals surface area contributed by atoms with Gasteiger partial charge in [0.25, 0.3) is 0 Å². The van der Waals surface area contributed by atoms with Crippen LogP contribution in [0.5, 0.6) is 0 Å². The molecular weight excluding hydrogens is 214 g/mol. The Morgan fingerprint density at radius 1 is 1.47 bits per heavy atom. The van der Waals surface area contributed by atoms with Crippen molar-refractivity contribution < 1.29 is 4.42 Å². The Kier molecular flexibility index (Phi) is 2.63. The van der Waals surface area contributed by atoms with Gasteiger partial charge >= 0.3 is 0 Å². The summed E-state index contributed by atoms with van der Waals surface area (Å²) in [6.07, 6.45) is 1.53. The Balaban J connectivity index is 2.47. The van der Waals surface area contributed by atoms with Crippen molar-refractivity contribution in [1.29, 1.82) is 0 Å². The largest absolute Gasteiger partial charge is 0.421 e. The van der Waals surface area contributed by atoms with E-state index in [0.717, 1.165) is 0 Å². The van der Waals surface area contributed by atoms with Gasteiger partial charge in [-0.05, 0) is 12.0 Å². The van der Waals surface area contributed by atoms with E-state index in [4.69, 9.17) is 21.8 Å². The van der Waals surface area contributed by atoms with Crippen molar-refractivity contribution in [3.8, 4) is 0 Å². The molecule has 0 aliphatic rings. The third-order valence-electron chi connectivity index (χ3n) is 2.23. The van der Waals surface area contributed by atoms with Crippen LogP contribution in [0.4, 0.5) is 0 Å². The fraction of sp³-hybridized carbons (Fsp3) is 0.400. The van der Waals surface area contributed by atoms with Crippen LogP contribution in [-0.4, -0.2) is 9.97 Å². The molecule has 2 rings (SSSR count). The monoisotopic (exact) mass is 225 g/mol. The number of nitrogens with two attached hydrogens (primary N) is 1. The molecule has 0 saturated carbocycles. The topological polar surface area (TPSA) is 64.9 Å². The number of nitrogens with zero attached hydrogens (tertiary/aromatic N) is 2. The van der Waals surface area contributed by atoms with Crippen LogP contribution < -0.4 is 5.73 Å². The summed E-state index contributed by atoms with van der Waals surface area (Å²) in [5, 5.41) is 0.542. The second-order valence-electron chi connectivity index (χ2n) is 3.80. The van der Waals surface area contributed by atoms with E-state index in [1.807, 2.05) is 13.8 Å². The fourth-order valence-electron chi connectivity index (χ4n) is 1.24. The van der Waals surface area contributed by atoms with Crippen LogP contribution >= 0.6 is 11.6 Å². The Labute approximate surface area is 92.4 Å². The SMILES string of the molecule is CC(C)C(N)c1nc2cc(Cl)cnc2o1. The highest BCUT2D eigenvalue weighted by atomic mass is 35.5. The van der Waals surface area contributed by atoms with Gasteiger partial charge in [-0.3, -0.25) is 0 Å². The van der Waals surface area contributed by atoms with E-state index < -0.39 is 0 Å². The molecule has 0 aliphatic heterocycles. The van der Waals surface area contributed by atoms with E-state index in [-0.39, 0.29) is 12.0 Å². The van der Waals surface area contributed by atoms with E-state index in [0.29, 0.717) is 22.1 Å². The molecule has 2 heterocycles. The van der Waals surface area contributed by atoms with Gasteiger partial charge in [-0.2, -0.15) is 0 Å². The first-order chi connectivity index (χ1) is 7.08. The van der Waals surface area contributed by atoms with Crippen LogP contribution in [-0.2, 0) is 0 Å². The normalized spacial score (nSPS) is 13.7. The molecule has 0 saturated heterocycles. The molecule has 80 valence electrons. The molecule has 2 aromatic heterocycles. The molecule has 4 nitrogen and oxygen atoms in total. The first-order valence-corrected chi connectivity index (χ1v) is 5.13. The number of oxazole rings is 1. The van der Waals surface area contributed by atoms with Crippen LogP contribution in [0.25, 0.3) is 11.2 Å². The molecule has 0 bridgehead atoms. The molecule has 2 N–H and O–H groups in total. The van der Waals surface area contributed by atoms with Gasteiger partial charge in [-0.1, -0.05) is 25.4 Å². The maximum absolute atomic E-state index is 5.92. The number of halogens is 1. The molecular formula is C10H12ClN3O. The van der Waals surface area contributed by atoms with Gasteiger partial charge in [0.05, 0.1) is 11.1 Å². The summed E-state index contributed by atoms with van der Waals surface area (Å²) in [7, 11) is 0. The molecule has 2 aromatic rings. The Morgan fingerprint density at radius 2 is 2.20 bits per heavy atom. The molecule has 5 heteroatoms. The lowest BCUT2D eigenvalue weighted by molar-refractivity contribution is 0.400. The molecule has 0 spiro atoms. The lowest BCUT2D eigenvalue weighted by Crippen LogP contribution is -2.16. The van der Waals surface area contributed by atoms with Gasteiger partial charge < -0.3 is 10.2 Å². The lowest BCUT2D eigenvalue weighted by Gasteiger charge is -2.09. The van der Waals surface area contributed by atoms with Crippen molar-refractivity contribution in [2.45, 2.75) is 19.9 Å². The van der Waals surface area contributed by atoms with Crippen LogP contribution in [0.1, 0.15) is 25.8 Å². The molecule has 0 fully saturated rings. The fourth-order valence-corrected chi connectivity index (χ4v) is 1.40. The molecule has 15 heavy (non-hydrogen) atoms. The van der Waals surface area contributed by atoms with E-state index in [2.05, 4.69) is 9.97 Å². The van der Waals surface area contributed by atoms with Crippen molar-refractivity contribution in [2.24, 2.45) is 11.7 Å². The van der Waals surface area contributed by atoms with Gasteiger partial charge in [0.1, 0.15) is 5.52 Å². The molecule has 1 unspecified atom stereocenters. The zero-order valence-electron chi connectivity index (χ0n) is 8.57. The third-order valence-corrected chi connectivity index (χ3v) is 2.44. The number of hydrogen-bond donors (Lipinski definition) is 1. The Hall–Kier alpha value is -1.13. The Morgan fingerprint density at radius 3 is 2.87 bits per heavy atom. The standard InChI is InChI=1S/C10H12ClN3O/c1-5(2)8(12)10-14-7-3-6(11)4-13-9(7)15-10/h3-5,8H,12H2,1-2H3. The molecule has 0 aliphatic carbocycles. The number of aromatic nitrogens is 2. The predicted octanol–water partition coefficient (Wildman–Crippen LogP) is 2.53. The van der Waals surface area contributed by atoms with Crippen LogP contribution in [0, 0.1) is 5.92 Å². The van der Waals surface area contributed by atoms with Crippen molar-refractivity contribution in [3.05, 3.63) is 23.2 Å². The van der Waals surface area contributed by atoms with E-state index in [1.165, 1.54) is 6.20 Å². The van der Waals surface area contributed by atoms with E-state index in [9.17, 15) is 0 Å². The first kappa shape index (κ1) is 10.4. The summed E-state index contributed by atoms with van der Waals surface area (Å²) < 4.78 is 5.44. The van der Waals surface area contributed by atoms with Gasteiger partial charge in [0, 0.05) is 6.20 Å². The summed E-state index contributed by atoms with van der Waals surface area (Å²) in [5.41, 5.74) is 7.05. The van der Waals surface area contributed by atoms with Crippen LogP contribution in [0.3, 0.4) is 0 Å². The van der Waals surface area contributed by atoms with Crippen molar-refractivity contribution in [1.82, 2.24) is 9.97 Å². The minimum Gasteiger partial charge on any atom is -0.421 e. The van der Waals surface area contributed by atoms with Crippen molar-refractivity contribution in [3.63, 3.8) is 0 Å². The minimum absolute atomic E-state index is 0.210. The highest BCUT2D eigenvalue weighted by molar-refractivity contribution is 6.30. The number of pyridine rings is 1. The zero-order valence-corrected chi connectivity index (χ0v) is 9.32. The van der Waals surface area contributed by atoms with Gasteiger partial charge in [0.2, 0.25) is 11.6 Å². The molecule has 1 atom stereocenters. The lowest BCUT2D eigenvalue weighted by atomic mass is 10.1. The molecule has 0 radical (unpaired) electrons. The van der Waals surface area contributed by atoms with E-state index >= 15 is 0 Å². The Bertz CT molecular complexity index is 480. The smallest absolute Gasteiger partial charge is 0.247 e. The maximum Gasteiger partial charge on any atom is 0.247 e.